The first-order chi connectivity index (χ1) is 11.4. The maximum absolute atomic E-state index is 12.0. The number of hydrogen-bond donors (Lipinski definition) is 2. The molecule has 0 aromatic heterocycles. The van der Waals surface area contributed by atoms with Crippen molar-refractivity contribution in [3.8, 4) is 11.5 Å². The molecule has 2 aromatic carbocycles. The lowest BCUT2D eigenvalue weighted by molar-refractivity contribution is 0.0693. The van der Waals surface area contributed by atoms with Crippen molar-refractivity contribution in [2.45, 2.75) is 24.7 Å². The number of carboxylic acids is 1. The molecule has 128 valence electrons. The number of aromatic carboxylic acids is 1. The van der Waals surface area contributed by atoms with E-state index in [0.29, 0.717) is 12.0 Å². The average molecular weight is 349 g/mol. The van der Waals surface area contributed by atoms with Gasteiger partial charge in [0.2, 0.25) is 0 Å². The van der Waals surface area contributed by atoms with E-state index in [9.17, 15) is 18.7 Å². The third-order valence-corrected chi connectivity index (χ3v) is 4.61. The fraction of sp³-hybridized carbons (Fsp3) is 0.235. The molecule has 2 unspecified atom stereocenters. The second-order valence-electron chi connectivity index (χ2n) is 5.19. The van der Waals surface area contributed by atoms with Gasteiger partial charge in [-0.1, -0.05) is 43.7 Å². The number of ether oxygens (including phenoxy) is 1. The summed E-state index contributed by atoms with van der Waals surface area (Å²) >= 11 is -2.60. The highest BCUT2D eigenvalue weighted by Crippen LogP contribution is 2.36. The second-order valence-corrected chi connectivity index (χ2v) is 6.32. The van der Waals surface area contributed by atoms with E-state index in [4.69, 9.17) is 9.84 Å². The van der Waals surface area contributed by atoms with Crippen molar-refractivity contribution in [1.82, 2.24) is 0 Å². The molecule has 2 aromatic rings. The zero-order chi connectivity index (χ0) is 17.7. The van der Waals surface area contributed by atoms with Gasteiger partial charge in [0.25, 0.3) is 0 Å². The summed E-state index contributed by atoms with van der Waals surface area (Å²) in [4.78, 5) is 9.33. The number of rotatable bonds is 7. The van der Waals surface area contributed by atoms with Crippen LogP contribution in [0, 0.1) is 0 Å². The number of carboxylic acid groups (broad SMARTS) is 1. The molecule has 2 N–H and O–H groups in total. The molecule has 0 aliphatic carbocycles. The van der Waals surface area contributed by atoms with Gasteiger partial charge in [-0.15, -0.1) is 0 Å². The summed E-state index contributed by atoms with van der Waals surface area (Å²) in [5, 5.41) is 18.7. The Labute approximate surface area is 142 Å². The van der Waals surface area contributed by atoms with Gasteiger partial charge in [-0.3, -0.25) is 4.21 Å². The number of carbonyl (C=O) groups is 1. The molecule has 0 radical (unpaired) electrons. The minimum Gasteiger partial charge on any atom is -0.769 e. The first-order valence-corrected chi connectivity index (χ1v) is 8.38. The molecule has 0 aliphatic heterocycles. The summed E-state index contributed by atoms with van der Waals surface area (Å²) in [7, 11) is 0. The van der Waals surface area contributed by atoms with Gasteiger partial charge < -0.3 is 19.5 Å². The minimum absolute atomic E-state index is 0.0685. The van der Waals surface area contributed by atoms with E-state index in [1.807, 2.05) is 6.92 Å². The van der Waals surface area contributed by atoms with Crippen molar-refractivity contribution in [2.24, 2.45) is 0 Å². The molecule has 7 heteroatoms. The van der Waals surface area contributed by atoms with Gasteiger partial charge in [0.1, 0.15) is 17.1 Å². The van der Waals surface area contributed by atoms with Gasteiger partial charge in [0, 0.05) is 18.1 Å². The van der Waals surface area contributed by atoms with Crippen molar-refractivity contribution in [1.29, 1.82) is 0 Å². The minimum atomic E-state index is -2.60. The zero-order valence-corrected chi connectivity index (χ0v) is 13.8. The van der Waals surface area contributed by atoms with Gasteiger partial charge in [-0.25, -0.2) is 4.79 Å². The van der Waals surface area contributed by atoms with Crippen molar-refractivity contribution >= 4 is 17.0 Å². The molecule has 0 fully saturated rings. The van der Waals surface area contributed by atoms with Gasteiger partial charge in [-0.2, -0.15) is 0 Å². The predicted molar refractivity (Wildman–Crippen MR) is 87.6 cm³/mol. The van der Waals surface area contributed by atoms with Crippen LogP contribution in [-0.4, -0.2) is 24.9 Å². The molecule has 0 spiro atoms. The topological polar surface area (TPSA) is 107 Å². The molecular weight excluding hydrogens is 332 g/mol. The SMILES string of the molecule is CCCC(Oc1ccc(C(=O)O)c(O)c1)(c1ccccc1)S(=O)[O-]. The van der Waals surface area contributed by atoms with Crippen LogP contribution in [0.15, 0.2) is 48.5 Å². The molecule has 0 saturated carbocycles. The normalized spacial score (nSPS) is 14.6. The van der Waals surface area contributed by atoms with Crippen LogP contribution in [0.2, 0.25) is 0 Å². The van der Waals surface area contributed by atoms with Crippen LogP contribution in [0.1, 0.15) is 35.7 Å². The lowest BCUT2D eigenvalue weighted by Gasteiger charge is -2.36. The van der Waals surface area contributed by atoms with Crippen molar-refractivity contribution < 1.29 is 28.5 Å². The van der Waals surface area contributed by atoms with Gasteiger partial charge >= 0.3 is 5.97 Å². The Hall–Kier alpha value is -2.38. The number of hydrogen-bond acceptors (Lipinski definition) is 5. The van der Waals surface area contributed by atoms with E-state index >= 15 is 0 Å². The van der Waals surface area contributed by atoms with Crippen LogP contribution in [0.25, 0.3) is 0 Å². The monoisotopic (exact) mass is 349 g/mol. The van der Waals surface area contributed by atoms with E-state index in [0.717, 1.165) is 6.07 Å². The quantitative estimate of drug-likeness (QED) is 0.744. The molecule has 24 heavy (non-hydrogen) atoms. The van der Waals surface area contributed by atoms with E-state index < -0.39 is 27.7 Å². The van der Waals surface area contributed by atoms with E-state index in [1.165, 1.54) is 12.1 Å². The summed E-state index contributed by atoms with van der Waals surface area (Å²) in [6.45, 7) is 1.83. The third-order valence-electron chi connectivity index (χ3n) is 3.54. The van der Waals surface area contributed by atoms with Gasteiger partial charge in [-0.05, 0) is 23.2 Å². The van der Waals surface area contributed by atoms with E-state index in [-0.39, 0.29) is 17.7 Å². The van der Waals surface area contributed by atoms with Crippen LogP contribution in [0.5, 0.6) is 11.5 Å². The van der Waals surface area contributed by atoms with Crippen LogP contribution >= 0.6 is 0 Å². The number of aromatic hydroxyl groups is 1. The summed E-state index contributed by atoms with van der Waals surface area (Å²) in [6.07, 6.45) is 0.747. The van der Waals surface area contributed by atoms with Crippen molar-refractivity contribution in [3.05, 3.63) is 59.7 Å². The third kappa shape index (κ3) is 3.58. The summed E-state index contributed by atoms with van der Waals surface area (Å²) in [5.74, 6) is -1.71. The Bertz CT molecular complexity index is 746. The Kier molecular flexibility index (Phi) is 5.58. The smallest absolute Gasteiger partial charge is 0.339 e. The van der Waals surface area contributed by atoms with Crippen molar-refractivity contribution in [2.75, 3.05) is 0 Å². The summed E-state index contributed by atoms with van der Waals surface area (Å²) in [6, 6.07) is 12.1. The first kappa shape index (κ1) is 18.0. The van der Waals surface area contributed by atoms with Crippen LogP contribution in [-0.2, 0) is 16.0 Å². The summed E-state index contributed by atoms with van der Waals surface area (Å²) < 4.78 is 29.7. The fourth-order valence-electron chi connectivity index (χ4n) is 2.44. The highest BCUT2D eigenvalue weighted by molar-refractivity contribution is 7.80. The second kappa shape index (κ2) is 7.46. The Balaban J connectivity index is 2.48. The number of phenols is 1. The van der Waals surface area contributed by atoms with Gasteiger partial charge in [0.15, 0.2) is 4.93 Å². The standard InChI is InChI=1S/C17H18O6S/c1-2-10-17(24(21)22,12-6-4-3-5-7-12)23-13-8-9-14(16(19)20)15(18)11-13/h3-9,11,18H,2,10H2,1H3,(H,19,20)(H,21,22)/p-1. The first-order valence-electron chi connectivity index (χ1n) is 7.31. The zero-order valence-electron chi connectivity index (χ0n) is 13.0. The molecule has 2 atom stereocenters. The Morgan fingerprint density at radius 3 is 2.42 bits per heavy atom. The molecule has 0 aliphatic rings. The number of benzene rings is 2. The molecule has 0 heterocycles. The van der Waals surface area contributed by atoms with E-state index in [1.54, 1.807) is 30.3 Å². The largest absolute Gasteiger partial charge is 0.769 e. The lowest BCUT2D eigenvalue weighted by atomic mass is 10.0. The van der Waals surface area contributed by atoms with Gasteiger partial charge in [0.05, 0.1) is 0 Å². The highest BCUT2D eigenvalue weighted by Gasteiger charge is 2.35. The van der Waals surface area contributed by atoms with Crippen LogP contribution < -0.4 is 4.74 Å². The van der Waals surface area contributed by atoms with Crippen LogP contribution in [0.3, 0.4) is 0 Å². The average Bonchev–Trinajstić information content (AvgIpc) is 2.54. The Morgan fingerprint density at radius 2 is 1.92 bits per heavy atom. The Morgan fingerprint density at radius 1 is 1.25 bits per heavy atom. The maximum atomic E-state index is 12.0. The molecule has 6 nitrogen and oxygen atoms in total. The molecule has 0 bridgehead atoms. The molecular formula is C17H17O6S-. The van der Waals surface area contributed by atoms with Crippen LogP contribution in [0.4, 0.5) is 0 Å². The highest BCUT2D eigenvalue weighted by atomic mass is 32.2. The molecule has 0 saturated heterocycles. The van der Waals surface area contributed by atoms with E-state index in [2.05, 4.69) is 0 Å². The lowest BCUT2D eigenvalue weighted by Crippen LogP contribution is -2.37. The molecule has 0 amide bonds. The maximum Gasteiger partial charge on any atom is 0.339 e. The summed E-state index contributed by atoms with van der Waals surface area (Å²) in [5.41, 5.74) is 0.174. The fourth-order valence-corrected chi connectivity index (χ4v) is 3.30. The van der Waals surface area contributed by atoms with Crippen molar-refractivity contribution in [3.63, 3.8) is 0 Å². The predicted octanol–water partition coefficient (Wildman–Crippen LogP) is 3.00. The molecule has 2 rings (SSSR count).